The standard InChI is InChI=1S/C25H29N5O.ClH/c1-25(2,3)22-15-23(30(29-22)18-10-8-17-12-13-26-21(17)14-18)28-24(31)27-20-11-9-16-6-4-5-7-19(16)20;/h4-8,10,14-15,20,26H,9,11-13H2,1-3H3,(H2,27,28,31);1H/t20-;/m0./s1. The molecule has 0 saturated heterocycles. The lowest BCUT2D eigenvalue weighted by Crippen LogP contribution is -2.32. The summed E-state index contributed by atoms with van der Waals surface area (Å²) in [6.07, 6.45) is 2.96. The van der Waals surface area contributed by atoms with Crippen LogP contribution in [0.15, 0.2) is 48.5 Å². The predicted octanol–water partition coefficient (Wildman–Crippen LogP) is 5.37. The summed E-state index contributed by atoms with van der Waals surface area (Å²) >= 11 is 0. The molecule has 3 aromatic rings. The van der Waals surface area contributed by atoms with Crippen molar-refractivity contribution in [2.24, 2.45) is 0 Å². The molecule has 3 N–H and O–H groups in total. The van der Waals surface area contributed by atoms with E-state index in [1.807, 2.05) is 16.8 Å². The second kappa shape index (κ2) is 8.51. The van der Waals surface area contributed by atoms with E-state index in [4.69, 9.17) is 5.10 Å². The highest BCUT2D eigenvalue weighted by atomic mass is 35.5. The number of carbonyl (C=O) groups excluding carboxylic acids is 1. The molecular weight excluding hydrogens is 422 g/mol. The van der Waals surface area contributed by atoms with Crippen LogP contribution in [0.3, 0.4) is 0 Å². The van der Waals surface area contributed by atoms with Crippen molar-refractivity contribution < 1.29 is 4.79 Å². The number of anilines is 2. The van der Waals surface area contributed by atoms with Gasteiger partial charge in [-0.25, -0.2) is 9.48 Å². The van der Waals surface area contributed by atoms with Crippen LogP contribution in [0.4, 0.5) is 16.3 Å². The second-order valence-corrected chi connectivity index (χ2v) is 9.48. The van der Waals surface area contributed by atoms with Gasteiger partial charge in [-0.05, 0) is 48.1 Å². The van der Waals surface area contributed by atoms with Crippen LogP contribution in [-0.4, -0.2) is 22.4 Å². The van der Waals surface area contributed by atoms with Gasteiger partial charge in [0.25, 0.3) is 0 Å². The molecule has 6 nitrogen and oxygen atoms in total. The highest BCUT2D eigenvalue weighted by Crippen LogP contribution is 2.32. The van der Waals surface area contributed by atoms with E-state index in [0.717, 1.165) is 42.9 Å². The maximum absolute atomic E-state index is 12.9. The zero-order valence-electron chi connectivity index (χ0n) is 18.7. The summed E-state index contributed by atoms with van der Waals surface area (Å²) in [6.45, 7) is 7.34. The van der Waals surface area contributed by atoms with Gasteiger partial charge < -0.3 is 10.6 Å². The van der Waals surface area contributed by atoms with Crippen LogP contribution >= 0.6 is 12.4 Å². The molecule has 2 aromatic carbocycles. The maximum Gasteiger partial charge on any atom is 0.320 e. The highest BCUT2D eigenvalue weighted by molar-refractivity contribution is 5.89. The highest BCUT2D eigenvalue weighted by Gasteiger charge is 2.25. The molecule has 0 bridgehead atoms. The Morgan fingerprint density at radius 3 is 2.72 bits per heavy atom. The van der Waals surface area contributed by atoms with E-state index in [9.17, 15) is 4.79 Å². The lowest BCUT2D eigenvalue weighted by atomic mass is 9.92. The zero-order valence-corrected chi connectivity index (χ0v) is 19.6. The van der Waals surface area contributed by atoms with E-state index in [1.165, 1.54) is 16.7 Å². The van der Waals surface area contributed by atoms with E-state index < -0.39 is 0 Å². The fraction of sp³-hybridized carbons (Fsp3) is 0.360. The Kier molecular flexibility index (Phi) is 5.91. The number of nitrogens with one attached hydrogen (secondary N) is 3. The first-order valence-corrected chi connectivity index (χ1v) is 11.0. The van der Waals surface area contributed by atoms with Crippen molar-refractivity contribution in [3.63, 3.8) is 0 Å². The van der Waals surface area contributed by atoms with Crippen LogP contribution in [0.1, 0.15) is 55.6 Å². The van der Waals surface area contributed by atoms with E-state index in [2.05, 4.69) is 73.1 Å². The Morgan fingerprint density at radius 1 is 1.09 bits per heavy atom. The number of urea groups is 1. The van der Waals surface area contributed by atoms with Gasteiger partial charge in [-0.3, -0.25) is 5.32 Å². The first-order chi connectivity index (χ1) is 14.9. The minimum Gasteiger partial charge on any atom is -0.384 e. The molecule has 1 aliphatic carbocycles. The molecule has 2 aliphatic rings. The molecule has 0 unspecified atom stereocenters. The lowest BCUT2D eigenvalue weighted by Gasteiger charge is -2.16. The predicted molar refractivity (Wildman–Crippen MR) is 131 cm³/mol. The van der Waals surface area contributed by atoms with Crippen molar-refractivity contribution in [3.05, 3.63) is 70.9 Å². The Bertz CT molecular complexity index is 1150. The van der Waals surface area contributed by atoms with Gasteiger partial charge in [0.2, 0.25) is 0 Å². The van der Waals surface area contributed by atoms with Crippen LogP contribution in [-0.2, 0) is 18.3 Å². The Balaban J connectivity index is 0.00000245. The molecule has 168 valence electrons. The topological polar surface area (TPSA) is 71.0 Å². The van der Waals surface area contributed by atoms with E-state index in [1.54, 1.807) is 0 Å². The molecular formula is C25H30ClN5O. The summed E-state index contributed by atoms with van der Waals surface area (Å²) in [5.41, 5.74) is 6.73. The third kappa shape index (κ3) is 4.19. The van der Waals surface area contributed by atoms with Gasteiger partial charge in [-0.15, -0.1) is 12.4 Å². The zero-order chi connectivity index (χ0) is 21.6. The van der Waals surface area contributed by atoms with Crippen LogP contribution in [0.2, 0.25) is 0 Å². The van der Waals surface area contributed by atoms with Gasteiger partial charge in [0, 0.05) is 23.7 Å². The molecule has 0 saturated carbocycles. The van der Waals surface area contributed by atoms with Gasteiger partial charge in [-0.2, -0.15) is 5.10 Å². The molecule has 32 heavy (non-hydrogen) atoms. The van der Waals surface area contributed by atoms with E-state index in [0.29, 0.717) is 5.82 Å². The summed E-state index contributed by atoms with van der Waals surface area (Å²) in [5.74, 6) is 0.673. The molecule has 1 atom stereocenters. The van der Waals surface area contributed by atoms with Gasteiger partial charge in [0.1, 0.15) is 5.82 Å². The third-order valence-electron chi connectivity index (χ3n) is 6.21. The normalized spacial score (nSPS) is 16.5. The van der Waals surface area contributed by atoms with Gasteiger partial charge in [0.05, 0.1) is 17.4 Å². The average molecular weight is 452 g/mol. The average Bonchev–Trinajstić information content (AvgIpc) is 3.45. The number of aryl methyl sites for hydroxylation is 1. The molecule has 0 fully saturated rings. The SMILES string of the molecule is CC(C)(C)c1cc(NC(=O)N[C@H]2CCc3ccccc32)n(-c2ccc3c(c2)NCC3)n1.Cl. The van der Waals surface area contributed by atoms with Crippen molar-refractivity contribution >= 4 is 29.9 Å². The van der Waals surface area contributed by atoms with Gasteiger partial charge in [-0.1, -0.05) is 51.1 Å². The molecule has 0 radical (unpaired) electrons. The Hall–Kier alpha value is -2.99. The molecule has 2 heterocycles. The number of amides is 2. The molecule has 2 amide bonds. The fourth-order valence-electron chi connectivity index (χ4n) is 4.46. The van der Waals surface area contributed by atoms with Crippen molar-refractivity contribution in [3.8, 4) is 5.69 Å². The van der Waals surface area contributed by atoms with Crippen LogP contribution in [0.25, 0.3) is 5.69 Å². The lowest BCUT2D eigenvalue weighted by molar-refractivity contribution is 0.248. The second-order valence-electron chi connectivity index (χ2n) is 9.48. The van der Waals surface area contributed by atoms with Crippen LogP contribution in [0, 0.1) is 0 Å². The quantitative estimate of drug-likeness (QED) is 0.501. The van der Waals surface area contributed by atoms with Gasteiger partial charge in [0.15, 0.2) is 0 Å². The number of hydrogen-bond acceptors (Lipinski definition) is 3. The minimum atomic E-state index is -0.206. The number of rotatable bonds is 3. The van der Waals surface area contributed by atoms with E-state index >= 15 is 0 Å². The molecule has 7 heteroatoms. The number of carbonyl (C=O) groups is 1. The number of nitrogens with zero attached hydrogens (tertiary/aromatic N) is 2. The molecule has 1 aliphatic heterocycles. The van der Waals surface area contributed by atoms with Gasteiger partial charge >= 0.3 is 6.03 Å². The maximum atomic E-state index is 12.9. The van der Waals surface area contributed by atoms with Crippen molar-refractivity contribution in [1.82, 2.24) is 15.1 Å². The number of fused-ring (bicyclic) bond motifs is 2. The summed E-state index contributed by atoms with van der Waals surface area (Å²) in [7, 11) is 0. The largest absolute Gasteiger partial charge is 0.384 e. The third-order valence-corrected chi connectivity index (χ3v) is 6.21. The van der Waals surface area contributed by atoms with Crippen molar-refractivity contribution in [2.45, 2.75) is 51.5 Å². The Labute approximate surface area is 195 Å². The number of halogens is 1. The van der Waals surface area contributed by atoms with Crippen LogP contribution < -0.4 is 16.0 Å². The monoisotopic (exact) mass is 451 g/mol. The number of hydrogen-bond donors (Lipinski definition) is 3. The van der Waals surface area contributed by atoms with Crippen molar-refractivity contribution in [1.29, 1.82) is 0 Å². The first kappa shape index (κ1) is 22.2. The summed E-state index contributed by atoms with van der Waals surface area (Å²) in [5, 5.41) is 14.5. The van der Waals surface area contributed by atoms with Crippen LogP contribution in [0.5, 0.6) is 0 Å². The summed E-state index contributed by atoms with van der Waals surface area (Å²) in [6, 6.07) is 16.5. The van der Waals surface area contributed by atoms with Crippen molar-refractivity contribution in [2.75, 3.05) is 17.2 Å². The molecule has 1 aromatic heterocycles. The molecule has 0 spiro atoms. The smallest absolute Gasteiger partial charge is 0.320 e. The minimum absolute atomic E-state index is 0. The molecule has 5 rings (SSSR count). The number of aromatic nitrogens is 2. The summed E-state index contributed by atoms with van der Waals surface area (Å²) in [4.78, 5) is 12.9. The summed E-state index contributed by atoms with van der Waals surface area (Å²) < 4.78 is 1.84. The first-order valence-electron chi connectivity index (χ1n) is 11.0. The fourth-order valence-corrected chi connectivity index (χ4v) is 4.46. The Morgan fingerprint density at radius 2 is 1.91 bits per heavy atom. The van der Waals surface area contributed by atoms with E-state index in [-0.39, 0.29) is 29.9 Å². The number of benzene rings is 2.